The molecule has 0 aliphatic rings. The number of benzene rings is 1. The lowest BCUT2D eigenvalue weighted by Gasteiger charge is -2.08. The third-order valence-electron chi connectivity index (χ3n) is 3.70. The van der Waals surface area contributed by atoms with Gasteiger partial charge in [-0.25, -0.2) is 4.39 Å². The molecule has 0 amide bonds. The highest BCUT2D eigenvalue weighted by Crippen LogP contribution is 2.33. The maximum Gasteiger partial charge on any atom is 0.417 e. The van der Waals surface area contributed by atoms with E-state index in [0.717, 1.165) is 12.3 Å². The van der Waals surface area contributed by atoms with Crippen LogP contribution in [0.25, 0.3) is 5.65 Å². The van der Waals surface area contributed by atoms with Gasteiger partial charge in [0.25, 0.3) is 0 Å². The van der Waals surface area contributed by atoms with E-state index in [0.29, 0.717) is 17.7 Å². The number of aromatic nitrogens is 3. The number of halogens is 5. The Bertz CT molecular complexity index is 973. The molecule has 4 nitrogen and oxygen atoms in total. The molecule has 10 heteroatoms. The number of carbonyl (C=O) groups excluding carboxylic acids is 1. The van der Waals surface area contributed by atoms with Gasteiger partial charge in [-0.15, -0.1) is 10.2 Å². The summed E-state index contributed by atoms with van der Waals surface area (Å²) < 4.78 is 52.9. The van der Waals surface area contributed by atoms with Crippen molar-refractivity contribution >= 4 is 34.8 Å². The smallest absolute Gasteiger partial charge is 0.294 e. The minimum Gasteiger partial charge on any atom is -0.294 e. The monoisotopic (exact) mass is 417 g/mol. The predicted octanol–water partition coefficient (Wildman–Crippen LogP) is 5.30. The van der Waals surface area contributed by atoms with E-state index in [1.807, 2.05) is 0 Å². The number of nitrogens with zero attached hydrogens (tertiary/aromatic N) is 3. The largest absolute Gasteiger partial charge is 0.417 e. The summed E-state index contributed by atoms with van der Waals surface area (Å²) in [6.45, 7) is 0. The Hall–Kier alpha value is -2.13. The van der Waals surface area contributed by atoms with Gasteiger partial charge in [0, 0.05) is 23.9 Å². The summed E-state index contributed by atoms with van der Waals surface area (Å²) in [5, 5.41) is 7.78. The Balaban J connectivity index is 1.64. The standard InChI is InChI=1S/C17H12ClF4N3OS/c18-13-8-11(17(20,21)22)9-25-15(13)23-24-16(25)27-7-1-2-14(26)10-3-5-12(19)6-4-10/h3-6,8-9H,1-2,7H2. The van der Waals surface area contributed by atoms with Crippen LogP contribution in [0.3, 0.4) is 0 Å². The molecule has 2 aromatic heterocycles. The van der Waals surface area contributed by atoms with Crippen LogP contribution in [-0.4, -0.2) is 26.1 Å². The lowest BCUT2D eigenvalue weighted by Crippen LogP contribution is -2.07. The van der Waals surface area contributed by atoms with E-state index in [1.54, 1.807) is 0 Å². The van der Waals surface area contributed by atoms with E-state index < -0.39 is 17.6 Å². The van der Waals surface area contributed by atoms with Gasteiger partial charge >= 0.3 is 6.18 Å². The maximum absolute atomic E-state index is 12.9. The van der Waals surface area contributed by atoms with Crippen LogP contribution in [0.15, 0.2) is 41.7 Å². The highest BCUT2D eigenvalue weighted by atomic mass is 35.5. The highest BCUT2D eigenvalue weighted by molar-refractivity contribution is 7.99. The number of alkyl halides is 3. The average Bonchev–Trinajstić information content (AvgIpc) is 3.02. The van der Waals surface area contributed by atoms with Crippen LogP contribution < -0.4 is 0 Å². The van der Waals surface area contributed by atoms with Gasteiger partial charge in [-0.05, 0) is 36.8 Å². The molecule has 2 heterocycles. The predicted molar refractivity (Wildman–Crippen MR) is 93.7 cm³/mol. The minimum atomic E-state index is -4.54. The second-order valence-electron chi connectivity index (χ2n) is 5.63. The van der Waals surface area contributed by atoms with E-state index in [-0.39, 0.29) is 28.0 Å². The van der Waals surface area contributed by atoms with E-state index in [1.165, 1.54) is 40.4 Å². The van der Waals surface area contributed by atoms with Crippen LogP contribution in [0, 0.1) is 5.82 Å². The van der Waals surface area contributed by atoms with Gasteiger partial charge in [-0.1, -0.05) is 23.4 Å². The molecule has 27 heavy (non-hydrogen) atoms. The SMILES string of the molecule is O=C(CCCSc1nnc2c(Cl)cc(C(F)(F)F)cn12)c1ccc(F)cc1. The molecule has 3 aromatic rings. The van der Waals surface area contributed by atoms with E-state index in [4.69, 9.17) is 11.6 Å². The Morgan fingerprint density at radius 2 is 1.89 bits per heavy atom. The number of thioether (sulfide) groups is 1. The van der Waals surface area contributed by atoms with Crippen LogP contribution in [0.1, 0.15) is 28.8 Å². The average molecular weight is 418 g/mol. The van der Waals surface area contributed by atoms with E-state index in [2.05, 4.69) is 10.2 Å². The van der Waals surface area contributed by atoms with Gasteiger partial charge in [-0.3, -0.25) is 9.20 Å². The zero-order chi connectivity index (χ0) is 19.6. The maximum atomic E-state index is 12.9. The van der Waals surface area contributed by atoms with Gasteiger partial charge in [0.05, 0.1) is 10.6 Å². The molecule has 0 bridgehead atoms. The Kier molecular flexibility index (Phi) is 5.71. The molecule has 0 radical (unpaired) electrons. The highest BCUT2D eigenvalue weighted by Gasteiger charge is 2.32. The minimum absolute atomic E-state index is 0.134. The first-order valence-corrected chi connectivity index (χ1v) is 9.15. The quantitative estimate of drug-likeness (QED) is 0.236. The first kappa shape index (κ1) is 19.6. The lowest BCUT2D eigenvalue weighted by atomic mass is 10.1. The zero-order valence-corrected chi connectivity index (χ0v) is 15.2. The molecular formula is C17H12ClF4N3OS. The van der Waals surface area contributed by atoms with Crippen molar-refractivity contribution in [3.05, 3.63) is 58.5 Å². The molecule has 0 aliphatic heterocycles. The third kappa shape index (κ3) is 4.59. The van der Waals surface area contributed by atoms with Gasteiger partial charge in [-0.2, -0.15) is 13.2 Å². The summed E-state index contributed by atoms with van der Waals surface area (Å²) in [7, 11) is 0. The Labute approximate surface area is 160 Å². The fourth-order valence-electron chi connectivity index (χ4n) is 2.36. The zero-order valence-electron chi connectivity index (χ0n) is 13.6. The van der Waals surface area contributed by atoms with E-state index in [9.17, 15) is 22.4 Å². The van der Waals surface area contributed by atoms with Crippen molar-refractivity contribution in [3.8, 4) is 0 Å². The van der Waals surface area contributed by atoms with Crippen LogP contribution in [0.2, 0.25) is 5.02 Å². The third-order valence-corrected chi connectivity index (χ3v) is 5.01. The molecule has 0 fully saturated rings. The normalized spacial score (nSPS) is 11.9. The number of hydrogen-bond donors (Lipinski definition) is 0. The van der Waals surface area contributed by atoms with Crippen molar-refractivity contribution in [2.75, 3.05) is 5.75 Å². The second-order valence-corrected chi connectivity index (χ2v) is 7.10. The molecule has 3 rings (SSSR count). The fraction of sp³-hybridized carbons (Fsp3) is 0.235. The number of ketones is 1. The number of rotatable bonds is 6. The summed E-state index contributed by atoms with van der Waals surface area (Å²) in [5.41, 5.74) is -0.348. The number of fused-ring (bicyclic) bond motifs is 1. The molecule has 0 unspecified atom stereocenters. The van der Waals surface area contributed by atoms with Crippen molar-refractivity contribution in [1.29, 1.82) is 0 Å². The van der Waals surface area contributed by atoms with Crippen molar-refractivity contribution in [2.45, 2.75) is 24.2 Å². The van der Waals surface area contributed by atoms with Crippen LogP contribution in [0.4, 0.5) is 17.6 Å². The molecule has 1 aromatic carbocycles. The summed E-state index contributed by atoms with van der Waals surface area (Å²) in [6, 6.07) is 6.06. The van der Waals surface area contributed by atoms with Crippen molar-refractivity contribution in [1.82, 2.24) is 14.6 Å². The Morgan fingerprint density at radius 1 is 1.19 bits per heavy atom. The number of carbonyl (C=O) groups is 1. The first-order valence-electron chi connectivity index (χ1n) is 7.79. The second kappa shape index (κ2) is 7.85. The van der Waals surface area contributed by atoms with Crippen molar-refractivity contribution in [3.63, 3.8) is 0 Å². The van der Waals surface area contributed by atoms with Crippen LogP contribution >= 0.6 is 23.4 Å². The van der Waals surface area contributed by atoms with Crippen molar-refractivity contribution in [2.24, 2.45) is 0 Å². The van der Waals surface area contributed by atoms with Gasteiger partial charge < -0.3 is 0 Å². The number of hydrogen-bond acceptors (Lipinski definition) is 4. The van der Waals surface area contributed by atoms with E-state index >= 15 is 0 Å². The lowest BCUT2D eigenvalue weighted by molar-refractivity contribution is -0.137. The Morgan fingerprint density at radius 3 is 2.56 bits per heavy atom. The van der Waals surface area contributed by atoms with Crippen LogP contribution in [0.5, 0.6) is 0 Å². The molecule has 0 spiro atoms. The molecule has 0 atom stereocenters. The number of Topliss-reactive ketones (excluding diaryl/α,β-unsaturated/α-hetero) is 1. The first-order chi connectivity index (χ1) is 12.8. The molecular weight excluding hydrogens is 406 g/mol. The summed E-state index contributed by atoms with van der Waals surface area (Å²) in [6.07, 6.45) is -2.94. The summed E-state index contributed by atoms with van der Waals surface area (Å²) >= 11 is 7.03. The molecule has 0 saturated heterocycles. The van der Waals surface area contributed by atoms with Gasteiger partial charge in [0.15, 0.2) is 16.6 Å². The van der Waals surface area contributed by atoms with Crippen molar-refractivity contribution < 1.29 is 22.4 Å². The fourth-order valence-corrected chi connectivity index (χ4v) is 3.46. The summed E-state index contributed by atoms with van der Waals surface area (Å²) in [5.74, 6) is -0.108. The van der Waals surface area contributed by atoms with Gasteiger partial charge in [0.2, 0.25) is 0 Å². The molecule has 142 valence electrons. The number of pyridine rings is 1. The molecule has 0 N–H and O–H groups in total. The molecule has 0 aliphatic carbocycles. The van der Waals surface area contributed by atoms with Crippen LogP contribution in [-0.2, 0) is 6.18 Å². The molecule has 0 saturated carbocycles. The van der Waals surface area contributed by atoms with Gasteiger partial charge in [0.1, 0.15) is 5.82 Å². The topological polar surface area (TPSA) is 47.3 Å². The summed E-state index contributed by atoms with van der Waals surface area (Å²) in [4.78, 5) is 12.0.